The summed E-state index contributed by atoms with van der Waals surface area (Å²) < 4.78 is 0. The molecule has 1 unspecified atom stereocenters. The molecule has 1 rings (SSSR count). The predicted octanol–water partition coefficient (Wildman–Crippen LogP) is 2.03. The molecule has 1 aliphatic carbocycles. The van der Waals surface area contributed by atoms with Gasteiger partial charge in [-0.25, -0.2) is 0 Å². The summed E-state index contributed by atoms with van der Waals surface area (Å²) in [6.07, 6.45) is 1.52. The molecule has 0 bridgehead atoms. The first-order chi connectivity index (χ1) is 4.92. The van der Waals surface area contributed by atoms with Crippen molar-refractivity contribution in [1.29, 1.82) is 5.41 Å². The largest absolute Gasteiger partial charge is 0.301 e. The van der Waals surface area contributed by atoms with Crippen LogP contribution >= 0.6 is 0 Å². The first-order valence-electron chi connectivity index (χ1n) is 4.04. The number of Topliss-reactive ketones (excluding diaryl/α,β-unsaturated/α-hetero) is 1. The highest BCUT2D eigenvalue weighted by atomic mass is 16.1. The Morgan fingerprint density at radius 2 is 2.09 bits per heavy atom. The van der Waals surface area contributed by atoms with E-state index in [2.05, 4.69) is 13.8 Å². The molecule has 0 saturated heterocycles. The van der Waals surface area contributed by atoms with E-state index in [0.29, 0.717) is 12.1 Å². The van der Waals surface area contributed by atoms with Crippen LogP contribution in [0.2, 0.25) is 0 Å². The lowest BCUT2D eigenvalue weighted by Gasteiger charge is -2.32. The van der Waals surface area contributed by atoms with E-state index in [-0.39, 0.29) is 17.1 Å². The number of carbonyl (C=O) groups is 1. The van der Waals surface area contributed by atoms with Gasteiger partial charge in [-0.1, -0.05) is 20.8 Å². The molecule has 1 aliphatic rings. The summed E-state index contributed by atoms with van der Waals surface area (Å²) in [6.45, 7) is 6.14. The topological polar surface area (TPSA) is 40.9 Å². The van der Waals surface area contributed by atoms with Gasteiger partial charge >= 0.3 is 0 Å². The molecule has 0 heterocycles. The van der Waals surface area contributed by atoms with Crippen molar-refractivity contribution < 1.29 is 4.79 Å². The van der Waals surface area contributed by atoms with Crippen LogP contribution in [-0.2, 0) is 4.79 Å². The normalized spacial score (nSPS) is 30.6. The molecular weight excluding hydrogens is 138 g/mol. The average Bonchev–Trinajstić information content (AvgIpc) is 1.81. The van der Waals surface area contributed by atoms with Crippen molar-refractivity contribution in [3.05, 3.63) is 0 Å². The van der Waals surface area contributed by atoms with E-state index >= 15 is 0 Å². The predicted molar refractivity (Wildman–Crippen MR) is 44.9 cm³/mol. The number of hydrogen-bond donors (Lipinski definition) is 1. The summed E-state index contributed by atoms with van der Waals surface area (Å²) >= 11 is 0. The van der Waals surface area contributed by atoms with Gasteiger partial charge < -0.3 is 5.41 Å². The summed E-state index contributed by atoms with van der Waals surface area (Å²) in [4.78, 5) is 11.2. The quantitative estimate of drug-likeness (QED) is 0.568. The van der Waals surface area contributed by atoms with Crippen molar-refractivity contribution >= 4 is 11.5 Å². The first kappa shape index (κ1) is 8.44. The summed E-state index contributed by atoms with van der Waals surface area (Å²) in [7, 11) is 0. The van der Waals surface area contributed by atoms with Crippen LogP contribution in [0, 0.1) is 16.7 Å². The van der Waals surface area contributed by atoms with Crippen molar-refractivity contribution in [3.63, 3.8) is 0 Å². The fourth-order valence-electron chi connectivity index (χ4n) is 1.81. The molecule has 1 atom stereocenters. The Bertz CT molecular complexity index is 206. The van der Waals surface area contributed by atoms with Crippen molar-refractivity contribution in [2.45, 2.75) is 33.6 Å². The van der Waals surface area contributed by atoms with Crippen LogP contribution < -0.4 is 0 Å². The Morgan fingerprint density at radius 3 is 2.55 bits per heavy atom. The molecule has 62 valence electrons. The monoisotopic (exact) mass is 153 g/mol. The highest BCUT2D eigenvalue weighted by Gasteiger charge is 2.34. The molecule has 0 aromatic heterocycles. The minimum absolute atomic E-state index is 0.0359. The van der Waals surface area contributed by atoms with E-state index in [1.807, 2.05) is 6.92 Å². The van der Waals surface area contributed by atoms with Gasteiger partial charge in [0.2, 0.25) is 0 Å². The average molecular weight is 153 g/mol. The number of nitrogens with one attached hydrogen (secondary N) is 1. The van der Waals surface area contributed by atoms with E-state index in [0.717, 1.165) is 6.42 Å². The van der Waals surface area contributed by atoms with Crippen LogP contribution in [0.25, 0.3) is 0 Å². The number of rotatable bonds is 0. The molecule has 0 aromatic rings. The minimum Gasteiger partial charge on any atom is -0.301 e. The van der Waals surface area contributed by atoms with Gasteiger partial charge in [-0.3, -0.25) is 4.79 Å². The fourth-order valence-corrected chi connectivity index (χ4v) is 1.81. The third kappa shape index (κ3) is 1.67. The lowest BCUT2D eigenvalue weighted by atomic mass is 9.71. The van der Waals surface area contributed by atoms with E-state index in [1.54, 1.807) is 0 Å². The van der Waals surface area contributed by atoms with Crippen LogP contribution in [0.3, 0.4) is 0 Å². The van der Waals surface area contributed by atoms with Gasteiger partial charge in [0.05, 0.1) is 5.71 Å². The zero-order valence-electron chi connectivity index (χ0n) is 7.40. The highest BCUT2D eigenvalue weighted by Crippen LogP contribution is 2.34. The zero-order chi connectivity index (χ0) is 8.65. The first-order valence-corrected chi connectivity index (χ1v) is 4.04. The van der Waals surface area contributed by atoms with Gasteiger partial charge in [0.25, 0.3) is 0 Å². The molecule has 0 amide bonds. The van der Waals surface area contributed by atoms with Crippen LogP contribution in [0.15, 0.2) is 0 Å². The third-order valence-corrected chi connectivity index (χ3v) is 2.29. The molecular formula is C9H15NO. The minimum atomic E-state index is 0.0359. The van der Waals surface area contributed by atoms with Crippen molar-refractivity contribution in [2.24, 2.45) is 11.3 Å². The molecule has 2 heteroatoms. The second-order valence-corrected chi connectivity index (χ2v) is 4.28. The smallest absolute Gasteiger partial charge is 0.177 e. The molecule has 0 aliphatic heterocycles. The van der Waals surface area contributed by atoms with Crippen molar-refractivity contribution in [1.82, 2.24) is 0 Å². The van der Waals surface area contributed by atoms with Crippen LogP contribution in [0.4, 0.5) is 0 Å². The van der Waals surface area contributed by atoms with Gasteiger partial charge in [0.15, 0.2) is 5.78 Å². The molecule has 0 radical (unpaired) electrons. The summed E-state index contributed by atoms with van der Waals surface area (Å²) in [6, 6.07) is 0. The van der Waals surface area contributed by atoms with Crippen LogP contribution in [0.1, 0.15) is 33.6 Å². The van der Waals surface area contributed by atoms with Gasteiger partial charge in [-0.2, -0.15) is 0 Å². The Labute approximate surface area is 67.5 Å². The van der Waals surface area contributed by atoms with E-state index in [1.165, 1.54) is 0 Å². The standard InChI is InChI=1S/C9H15NO/c1-6-4-9(2,3)5-7(11)8(6)10/h6,10H,4-5H2,1-3H3. The van der Waals surface area contributed by atoms with Crippen molar-refractivity contribution in [2.75, 3.05) is 0 Å². The van der Waals surface area contributed by atoms with Crippen LogP contribution in [0.5, 0.6) is 0 Å². The molecule has 1 N–H and O–H groups in total. The molecule has 0 spiro atoms. The van der Waals surface area contributed by atoms with Crippen LogP contribution in [-0.4, -0.2) is 11.5 Å². The Hall–Kier alpha value is -0.660. The molecule has 11 heavy (non-hydrogen) atoms. The van der Waals surface area contributed by atoms with Crippen molar-refractivity contribution in [3.8, 4) is 0 Å². The number of carbonyl (C=O) groups excluding carboxylic acids is 1. The van der Waals surface area contributed by atoms with Gasteiger partial charge in [0, 0.05) is 12.3 Å². The summed E-state index contributed by atoms with van der Waals surface area (Å²) in [5.74, 6) is 0.194. The van der Waals surface area contributed by atoms with E-state index in [9.17, 15) is 4.79 Å². The second kappa shape index (κ2) is 2.43. The maximum Gasteiger partial charge on any atom is 0.177 e. The summed E-state index contributed by atoms with van der Waals surface area (Å²) in [5, 5.41) is 7.43. The molecule has 0 aromatic carbocycles. The lowest BCUT2D eigenvalue weighted by molar-refractivity contribution is -0.116. The second-order valence-electron chi connectivity index (χ2n) is 4.28. The number of hydrogen-bond acceptors (Lipinski definition) is 2. The summed E-state index contributed by atoms with van der Waals surface area (Å²) in [5.41, 5.74) is 0.436. The lowest BCUT2D eigenvalue weighted by Crippen LogP contribution is -2.35. The Kier molecular flexibility index (Phi) is 1.87. The fraction of sp³-hybridized carbons (Fsp3) is 0.778. The van der Waals surface area contributed by atoms with Gasteiger partial charge in [0.1, 0.15) is 0 Å². The van der Waals surface area contributed by atoms with Gasteiger partial charge in [-0.05, 0) is 11.8 Å². The molecule has 1 saturated carbocycles. The van der Waals surface area contributed by atoms with E-state index in [4.69, 9.17) is 5.41 Å². The Morgan fingerprint density at radius 1 is 1.55 bits per heavy atom. The van der Waals surface area contributed by atoms with E-state index < -0.39 is 0 Å². The SMILES string of the molecule is CC1CC(C)(C)CC(=O)C1=N. The Balaban J connectivity index is 2.78. The maximum absolute atomic E-state index is 11.2. The zero-order valence-corrected chi connectivity index (χ0v) is 7.40. The molecule has 2 nitrogen and oxygen atoms in total. The third-order valence-electron chi connectivity index (χ3n) is 2.29. The number of ketones is 1. The van der Waals surface area contributed by atoms with Gasteiger partial charge in [-0.15, -0.1) is 0 Å². The molecule has 1 fully saturated rings. The highest BCUT2D eigenvalue weighted by molar-refractivity contribution is 6.39. The maximum atomic E-state index is 11.2.